The minimum absolute atomic E-state index is 0.259. The second-order valence-corrected chi connectivity index (χ2v) is 14.2. The van der Waals surface area contributed by atoms with Crippen molar-refractivity contribution in [2.75, 3.05) is 13.2 Å². The quantitative estimate of drug-likeness (QED) is 0.0330. The van der Waals surface area contributed by atoms with Crippen molar-refractivity contribution in [2.24, 2.45) is 0 Å². The van der Waals surface area contributed by atoms with Gasteiger partial charge in [-0.1, -0.05) is 148 Å². The van der Waals surface area contributed by atoms with E-state index in [0.717, 1.165) is 51.4 Å². The molecule has 0 aliphatic carbocycles. The Bertz CT molecular complexity index is 798. The summed E-state index contributed by atoms with van der Waals surface area (Å²) in [5.74, 6) is -0.600. The van der Waals surface area contributed by atoms with Gasteiger partial charge in [0.1, 0.15) is 30.5 Å². The van der Waals surface area contributed by atoms with Crippen molar-refractivity contribution in [3.8, 4) is 0 Å². The Morgan fingerprint density at radius 1 is 0.673 bits per heavy atom. The van der Waals surface area contributed by atoms with Gasteiger partial charge in [-0.05, 0) is 32.1 Å². The number of ether oxygens (including phenoxy) is 2. The van der Waals surface area contributed by atoms with Gasteiger partial charge in [0.2, 0.25) is 5.91 Å². The molecule has 0 saturated carbocycles. The zero-order valence-corrected chi connectivity index (χ0v) is 31.1. The molecule has 290 valence electrons. The number of allylic oxidation sites excluding steroid dienone is 2. The summed E-state index contributed by atoms with van der Waals surface area (Å²) in [6.07, 6.45) is 21.3. The van der Waals surface area contributed by atoms with Gasteiger partial charge in [0, 0.05) is 0 Å². The maximum absolute atomic E-state index is 12.9. The van der Waals surface area contributed by atoms with E-state index in [1.54, 1.807) is 0 Å². The number of aliphatic hydroxyl groups is 6. The number of carbonyl (C=O) groups is 1. The van der Waals surface area contributed by atoms with Crippen LogP contribution in [0.2, 0.25) is 0 Å². The molecule has 10 nitrogen and oxygen atoms in total. The van der Waals surface area contributed by atoms with E-state index < -0.39 is 61.5 Å². The van der Waals surface area contributed by atoms with Crippen molar-refractivity contribution >= 4 is 5.91 Å². The van der Waals surface area contributed by atoms with Gasteiger partial charge in [-0.2, -0.15) is 0 Å². The molecular weight excluding hydrogens is 626 g/mol. The van der Waals surface area contributed by atoms with Crippen molar-refractivity contribution < 1.29 is 44.9 Å². The van der Waals surface area contributed by atoms with Crippen LogP contribution < -0.4 is 5.32 Å². The lowest BCUT2D eigenvalue weighted by Gasteiger charge is -2.40. The van der Waals surface area contributed by atoms with Gasteiger partial charge >= 0.3 is 0 Å². The summed E-state index contributed by atoms with van der Waals surface area (Å²) in [6, 6.07) is -0.894. The van der Waals surface area contributed by atoms with Crippen LogP contribution >= 0.6 is 0 Å². The molecule has 0 radical (unpaired) electrons. The van der Waals surface area contributed by atoms with E-state index in [9.17, 15) is 35.4 Å². The SMILES string of the molecule is CCCC/C=C\CCCCCC(O)C(=O)NC(COC1OC(CO)C(O)C(O)C1O)C(O)CCCCCCCCCCCCCCCCC. The molecule has 1 amide bonds. The fraction of sp³-hybridized carbons (Fsp3) is 0.923. The highest BCUT2D eigenvalue weighted by molar-refractivity contribution is 5.80. The van der Waals surface area contributed by atoms with Crippen LogP contribution in [-0.4, -0.2) is 98.7 Å². The minimum Gasteiger partial charge on any atom is -0.394 e. The molecule has 1 rings (SSSR count). The number of rotatable bonds is 32. The normalized spacial score (nSPS) is 23.1. The average Bonchev–Trinajstić information content (AvgIpc) is 3.10. The Balaban J connectivity index is 2.47. The number of amides is 1. The largest absolute Gasteiger partial charge is 0.394 e. The minimum atomic E-state index is -1.59. The molecule has 8 atom stereocenters. The van der Waals surface area contributed by atoms with Gasteiger partial charge in [-0.3, -0.25) is 4.79 Å². The lowest BCUT2D eigenvalue weighted by Crippen LogP contribution is -2.60. The molecule has 1 saturated heterocycles. The van der Waals surface area contributed by atoms with Crippen molar-refractivity contribution in [3.63, 3.8) is 0 Å². The molecule has 8 unspecified atom stereocenters. The van der Waals surface area contributed by atoms with E-state index in [1.807, 2.05) is 0 Å². The van der Waals surface area contributed by atoms with Gasteiger partial charge in [-0.25, -0.2) is 0 Å². The van der Waals surface area contributed by atoms with E-state index >= 15 is 0 Å². The number of unbranched alkanes of at least 4 members (excludes halogenated alkanes) is 19. The number of aliphatic hydroxyl groups excluding tert-OH is 6. The van der Waals surface area contributed by atoms with E-state index in [4.69, 9.17) is 9.47 Å². The summed E-state index contributed by atoms with van der Waals surface area (Å²) in [5, 5.41) is 64.4. The van der Waals surface area contributed by atoms with Gasteiger partial charge in [0.15, 0.2) is 6.29 Å². The molecule has 0 spiro atoms. The first-order valence-corrected chi connectivity index (χ1v) is 20.0. The first-order valence-electron chi connectivity index (χ1n) is 20.0. The second-order valence-electron chi connectivity index (χ2n) is 14.2. The monoisotopic (exact) mass is 702 g/mol. The van der Waals surface area contributed by atoms with Crippen molar-refractivity contribution in [1.29, 1.82) is 0 Å². The molecular formula is C39H75NO9. The lowest BCUT2D eigenvalue weighted by molar-refractivity contribution is -0.302. The molecule has 1 aliphatic rings. The Kier molecular flexibility index (Phi) is 28.6. The molecule has 1 aliphatic heterocycles. The van der Waals surface area contributed by atoms with Crippen LogP contribution in [0.25, 0.3) is 0 Å². The van der Waals surface area contributed by atoms with Crippen LogP contribution in [0.3, 0.4) is 0 Å². The lowest BCUT2D eigenvalue weighted by atomic mass is 9.99. The molecule has 0 aromatic heterocycles. The molecule has 1 heterocycles. The number of nitrogens with one attached hydrogen (secondary N) is 1. The second kappa shape index (κ2) is 30.5. The maximum Gasteiger partial charge on any atom is 0.249 e. The molecule has 0 bridgehead atoms. The molecule has 1 fully saturated rings. The Morgan fingerprint density at radius 3 is 1.71 bits per heavy atom. The van der Waals surface area contributed by atoms with E-state index in [0.29, 0.717) is 19.3 Å². The van der Waals surface area contributed by atoms with Crippen LogP contribution in [0.4, 0.5) is 0 Å². The van der Waals surface area contributed by atoms with Gasteiger partial charge in [0.05, 0.1) is 25.4 Å². The van der Waals surface area contributed by atoms with E-state index in [1.165, 1.54) is 83.5 Å². The Labute approximate surface area is 298 Å². The van der Waals surface area contributed by atoms with Gasteiger partial charge < -0.3 is 45.4 Å². The first kappa shape index (κ1) is 45.9. The fourth-order valence-corrected chi connectivity index (χ4v) is 6.32. The zero-order chi connectivity index (χ0) is 36.1. The predicted octanol–water partition coefficient (Wildman–Crippen LogP) is 5.97. The third kappa shape index (κ3) is 21.8. The highest BCUT2D eigenvalue weighted by Crippen LogP contribution is 2.23. The predicted molar refractivity (Wildman–Crippen MR) is 195 cm³/mol. The third-order valence-electron chi connectivity index (χ3n) is 9.73. The van der Waals surface area contributed by atoms with Crippen LogP contribution in [-0.2, 0) is 14.3 Å². The van der Waals surface area contributed by atoms with Crippen LogP contribution in [0, 0.1) is 0 Å². The number of hydrogen-bond donors (Lipinski definition) is 7. The highest BCUT2D eigenvalue weighted by Gasteiger charge is 2.44. The highest BCUT2D eigenvalue weighted by atomic mass is 16.7. The molecule has 0 aromatic carbocycles. The number of carbonyl (C=O) groups excluding carboxylic acids is 1. The standard InChI is InChI=1S/C39H75NO9/c1-3-5-7-9-11-13-14-15-16-17-18-20-21-23-25-27-32(42)31(30-48-39-37(46)36(45)35(44)34(29-41)49-39)40-38(47)33(43)28-26-24-22-19-12-10-8-6-4-2/h10,12,31-37,39,41-46H,3-9,11,13-30H2,1-2H3,(H,40,47)/b12-10-. The molecule has 49 heavy (non-hydrogen) atoms. The fourth-order valence-electron chi connectivity index (χ4n) is 6.32. The van der Waals surface area contributed by atoms with Gasteiger partial charge in [0.25, 0.3) is 0 Å². The summed E-state index contributed by atoms with van der Waals surface area (Å²) >= 11 is 0. The maximum atomic E-state index is 12.9. The molecule has 10 heteroatoms. The van der Waals surface area contributed by atoms with Crippen molar-refractivity contribution in [2.45, 2.75) is 217 Å². The number of hydrogen-bond acceptors (Lipinski definition) is 9. The molecule has 7 N–H and O–H groups in total. The van der Waals surface area contributed by atoms with E-state index in [2.05, 4.69) is 31.3 Å². The van der Waals surface area contributed by atoms with Gasteiger partial charge in [-0.15, -0.1) is 0 Å². The van der Waals surface area contributed by atoms with Crippen LogP contribution in [0.1, 0.15) is 168 Å². The Morgan fingerprint density at radius 2 is 1.16 bits per heavy atom. The van der Waals surface area contributed by atoms with E-state index in [-0.39, 0.29) is 6.61 Å². The molecule has 0 aromatic rings. The summed E-state index contributed by atoms with van der Waals surface area (Å²) < 4.78 is 11.1. The summed E-state index contributed by atoms with van der Waals surface area (Å²) in [7, 11) is 0. The van der Waals surface area contributed by atoms with Crippen molar-refractivity contribution in [3.05, 3.63) is 12.2 Å². The average molecular weight is 702 g/mol. The zero-order valence-electron chi connectivity index (χ0n) is 31.1. The van der Waals surface area contributed by atoms with Crippen LogP contribution in [0.5, 0.6) is 0 Å². The Hall–Kier alpha value is -1.11. The summed E-state index contributed by atoms with van der Waals surface area (Å²) in [5.41, 5.74) is 0. The van der Waals surface area contributed by atoms with Crippen molar-refractivity contribution in [1.82, 2.24) is 5.32 Å². The smallest absolute Gasteiger partial charge is 0.249 e. The summed E-state index contributed by atoms with van der Waals surface area (Å²) in [4.78, 5) is 12.9. The topological polar surface area (TPSA) is 169 Å². The first-order chi connectivity index (χ1) is 23.8. The van der Waals surface area contributed by atoms with Crippen LogP contribution in [0.15, 0.2) is 12.2 Å². The summed E-state index contributed by atoms with van der Waals surface area (Å²) in [6.45, 7) is 3.58. The third-order valence-corrected chi connectivity index (χ3v) is 9.73.